The van der Waals surface area contributed by atoms with Gasteiger partial charge in [-0.1, -0.05) is 11.1 Å². The number of terminal acetylenes is 1. The van der Waals surface area contributed by atoms with Crippen molar-refractivity contribution < 1.29 is 17.7 Å². The Morgan fingerprint density at radius 2 is 2.12 bits per heavy atom. The van der Waals surface area contributed by atoms with Crippen molar-refractivity contribution in [3.63, 3.8) is 0 Å². The van der Waals surface area contributed by atoms with Gasteiger partial charge in [-0.05, 0) is 37.6 Å². The van der Waals surface area contributed by atoms with Gasteiger partial charge in [0.2, 0.25) is 0 Å². The Morgan fingerprint density at radius 3 is 2.90 bits per heavy atom. The van der Waals surface area contributed by atoms with Gasteiger partial charge in [0, 0.05) is 72.4 Å². The smallest absolute Gasteiger partial charge is 0.345 e. The minimum atomic E-state index is -3.90. The van der Waals surface area contributed by atoms with E-state index >= 15 is 0 Å². The van der Waals surface area contributed by atoms with E-state index in [1.165, 1.54) is 15.6 Å². The summed E-state index contributed by atoms with van der Waals surface area (Å²) in [4.78, 5) is 38.0. The highest BCUT2D eigenvalue weighted by atomic mass is 32.2. The van der Waals surface area contributed by atoms with Crippen LogP contribution in [0, 0.1) is 12.3 Å². The molecule has 2 aliphatic heterocycles. The SMILES string of the molecule is C#Cc1ccc2[nH]c(S(=O)(=O)N3CCN(C(=O)c4nc5c(s4)CNC(C)C5)C(CCc4noc(=O)[nH]4)C3)cc2c1. The molecule has 1 saturated heterocycles. The number of benzene rings is 1. The predicted molar refractivity (Wildman–Crippen MR) is 147 cm³/mol. The molecule has 0 aliphatic carbocycles. The number of carbonyl (C=O) groups is 1. The van der Waals surface area contributed by atoms with Crippen molar-refractivity contribution >= 4 is 38.2 Å². The molecule has 2 aliphatic rings. The Hall–Kier alpha value is -3.77. The normalized spacial score (nSPS) is 19.9. The molecule has 0 saturated carbocycles. The van der Waals surface area contributed by atoms with Gasteiger partial charge in [0.15, 0.2) is 10.8 Å². The summed E-state index contributed by atoms with van der Waals surface area (Å²) in [6.45, 7) is 3.14. The second-order valence-electron chi connectivity index (χ2n) is 10.1. The number of aromatic nitrogens is 4. The Kier molecular flexibility index (Phi) is 6.83. The van der Waals surface area contributed by atoms with Crippen molar-refractivity contribution in [1.82, 2.24) is 34.6 Å². The average Bonchev–Trinajstić information content (AvgIpc) is 3.68. The molecule has 0 bridgehead atoms. The van der Waals surface area contributed by atoms with E-state index in [2.05, 4.69) is 42.8 Å². The summed E-state index contributed by atoms with van der Waals surface area (Å²) < 4.78 is 33.4. The zero-order valence-electron chi connectivity index (χ0n) is 21.6. The maximum Gasteiger partial charge on any atom is 0.438 e. The summed E-state index contributed by atoms with van der Waals surface area (Å²) in [5, 5.41) is 8.27. The second kappa shape index (κ2) is 10.3. The van der Waals surface area contributed by atoms with E-state index in [4.69, 9.17) is 6.42 Å². The molecular formula is C26H27N7O5S2. The molecule has 1 aromatic carbocycles. The maximum absolute atomic E-state index is 13.7. The largest absolute Gasteiger partial charge is 0.438 e. The van der Waals surface area contributed by atoms with Gasteiger partial charge in [-0.3, -0.25) is 14.3 Å². The summed E-state index contributed by atoms with van der Waals surface area (Å²) in [5.41, 5.74) is 2.25. The van der Waals surface area contributed by atoms with Crippen LogP contribution >= 0.6 is 11.3 Å². The van der Waals surface area contributed by atoms with Crippen LogP contribution in [-0.2, 0) is 29.4 Å². The summed E-state index contributed by atoms with van der Waals surface area (Å²) in [5.74, 6) is 2.00. The number of sulfonamides is 1. The fourth-order valence-corrected chi connectivity index (χ4v) is 7.71. The highest BCUT2D eigenvalue weighted by Gasteiger charge is 2.38. The number of amides is 1. The lowest BCUT2D eigenvalue weighted by Crippen LogP contribution is -2.56. The molecule has 1 amide bonds. The Balaban J connectivity index is 1.27. The zero-order valence-corrected chi connectivity index (χ0v) is 23.3. The van der Waals surface area contributed by atoms with E-state index in [9.17, 15) is 18.0 Å². The summed E-state index contributed by atoms with van der Waals surface area (Å²) in [6.07, 6.45) is 6.91. The molecule has 1 fully saturated rings. The van der Waals surface area contributed by atoms with E-state index in [1.807, 2.05) is 0 Å². The van der Waals surface area contributed by atoms with Gasteiger partial charge in [0.1, 0.15) is 5.03 Å². The molecule has 208 valence electrons. The molecule has 3 N–H and O–H groups in total. The van der Waals surface area contributed by atoms with Crippen molar-refractivity contribution in [3.8, 4) is 12.3 Å². The third-order valence-corrected chi connectivity index (χ3v) is 10.2. The zero-order chi connectivity index (χ0) is 28.0. The number of carbonyl (C=O) groups excluding carboxylic acids is 1. The summed E-state index contributed by atoms with van der Waals surface area (Å²) in [7, 11) is -3.90. The van der Waals surface area contributed by atoms with Gasteiger partial charge in [-0.2, -0.15) is 4.31 Å². The lowest BCUT2D eigenvalue weighted by Gasteiger charge is -2.40. The molecule has 12 nitrogen and oxygen atoms in total. The number of nitrogens with one attached hydrogen (secondary N) is 3. The number of H-pyrrole nitrogens is 2. The molecule has 40 heavy (non-hydrogen) atoms. The van der Waals surface area contributed by atoms with Crippen LogP contribution in [0.2, 0.25) is 0 Å². The van der Waals surface area contributed by atoms with Gasteiger partial charge in [-0.25, -0.2) is 18.2 Å². The van der Waals surface area contributed by atoms with Crippen LogP contribution in [0.15, 0.2) is 38.6 Å². The van der Waals surface area contributed by atoms with E-state index in [0.717, 1.165) is 17.0 Å². The maximum atomic E-state index is 13.7. The second-order valence-corrected chi connectivity index (χ2v) is 13.0. The van der Waals surface area contributed by atoms with Crippen molar-refractivity contribution in [2.24, 2.45) is 0 Å². The first kappa shape index (κ1) is 26.5. The topological polar surface area (TPSA) is 157 Å². The quantitative estimate of drug-likeness (QED) is 0.289. The molecule has 6 rings (SSSR count). The molecule has 0 spiro atoms. The monoisotopic (exact) mass is 581 g/mol. The lowest BCUT2D eigenvalue weighted by molar-refractivity contribution is 0.0549. The van der Waals surface area contributed by atoms with Crippen LogP contribution in [-0.4, -0.2) is 75.4 Å². The van der Waals surface area contributed by atoms with Crippen LogP contribution in [0.4, 0.5) is 0 Å². The van der Waals surface area contributed by atoms with Crippen LogP contribution in [0.5, 0.6) is 0 Å². The number of rotatable bonds is 6. The lowest BCUT2D eigenvalue weighted by atomic mass is 10.1. The molecule has 4 aromatic rings. The highest BCUT2D eigenvalue weighted by Crippen LogP contribution is 2.29. The first-order chi connectivity index (χ1) is 19.2. The molecule has 3 aromatic heterocycles. The van der Waals surface area contributed by atoms with Crippen molar-refractivity contribution in [2.45, 2.75) is 49.8 Å². The number of aryl methyl sites for hydroxylation is 1. The third kappa shape index (κ3) is 4.97. The molecule has 14 heteroatoms. The van der Waals surface area contributed by atoms with Crippen molar-refractivity contribution in [3.05, 3.63) is 61.8 Å². The summed E-state index contributed by atoms with van der Waals surface area (Å²) >= 11 is 1.38. The molecule has 2 atom stereocenters. The Labute approximate surface area is 233 Å². The number of thiazole rings is 1. The Morgan fingerprint density at radius 1 is 1.27 bits per heavy atom. The number of nitrogens with zero attached hydrogens (tertiary/aromatic N) is 4. The standard InChI is InChI=1S/C26H27N7O5S2/c1-3-16-4-6-19-17(11-16)12-23(28-19)40(36,37)32-8-9-33(18(14-32)5-7-22-30-26(35)38-31-22)25(34)24-29-20-10-15(2)27-13-21(20)39-24/h1,4,6,11-12,15,18,27-28H,5,7-10,13-14H2,2H3,(H,30,31,35). The fourth-order valence-electron chi connectivity index (χ4n) is 5.23. The minimum absolute atomic E-state index is 0.0604. The highest BCUT2D eigenvalue weighted by molar-refractivity contribution is 7.89. The molecule has 5 heterocycles. The first-order valence-electron chi connectivity index (χ1n) is 12.9. The average molecular weight is 582 g/mol. The Bertz CT molecular complexity index is 1790. The van der Waals surface area contributed by atoms with E-state index < -0.39 is 21.8 Å². The van der Waals surface area contributed by atoms with Gasteiger partial charge >= 0.3 is 5.76 Å². The van der Waals surface area contributed by atoms with Gasteiger partial charge < -0.3 is 15.2 Å². The van der Waals surface area contributed by atoms with Gasteiger partial charge in [0.05, 0.1) is 5.69 Å². The minimum Gasteiger partial charge on any atom is -0.345 e. The molecule has 2 unspecified atom stereocenters. The van der Waals surface area contributed by atoms with Crippen molar-refractivity contribution in [1.29, 1.82) is 0 Å². The van der Waals surface area contributed by atoms with Crippen LogP contribution in [0.3, 0.4) is 0 Å². The third-order valence-electron chi connectivity index (χ3n) is 7.36. The first-order valence-corrected chi connectivity index (χ1v) is 15.1. The van der Waals surface area contributed by atoms with Crippen LogP contribution in [0.25, 0.3) is 10.9 Å². The van der Waals surface area contributed by atoms with Gasteiger partial charge in [-0.15, -0.1) is 17.8 Å². The van der Waals surface area contributed by atoms with Gasteiger partial charge in [0.25, 0.3) is 15.9 Å². The number of piperazine rings is 1. The molecular weight excluding hydrogens is 554 g/mol. The van der Waals surface area contributed by atoms with E-state index in [1.54, 1.807) is 29.2 Å². The molecule has 0 radical (unpaired) electrons. The predicted octanol–water partition coefficient (Wildman–Crippen LogP) is 1.46. The van der Waals surface area contributed by atoms with Crippen LogP contribution in [0.1, 0.15) is 45.1 Å². The number of aromatic amines is 2. The summed E-state index contributed by atoms with van der Waals surface area (Å²) in [6, 6.07) is 6.64. The van der Waals surface area contributed by atoms with Crippen molar-refractivity contribution in [2.75, 3.05) is 19.6 Å². The van der Waals surface area contributed by atoms with E-state index in [0.29, 0.717) is 46.7 Å². The number of fused-ring (bicyclic) bond motifs is 2. The van der Waals surface area contributed by atoms with E-state index in [-0.39, 0.29) is 36.6 Å². The number of hydrogen-bond acceptors (Lipinski definition) is 9. The number of hydrogen-bond donors (Lipinski definition) is 3. The van der Waals surface area contributed by atoms with Crippen LogP contribution < -0.4 is 11.1 Å². The fraction of sp³-hybridized carbons (Fsp3) is 0.385.